The van der Waals surface area contributed by atoms with E-state index >= 15 is 0 Å². The van der Waals surface area contributed by atoms with Crippen LogP contribution in [0.5, 0.6) is 0 Å². The summed E-state index contributed by atoms with van der Waals surface area (Å²) in [5.74, 6) is -0.0927. The van der Waals surface area contributed by atoms with Gasteiger partial charge in [0.25, 0.3) is 0 Å². The highest BCUT2D eigenvalue weighted by atomic mass is 15.3. The van der Waals surface area contributed by atoms with Crippen molar-refractivity contribution in [3.63, 3.8) is 0 Å². The zero-order chi connectivity index (χ0) is 6.69. The van der Waals surface area contributed by atoms with Gasteiger partial charge in [-0.15, -0.1) is 10.2 Å². The molecule has 0 atom stereocenters. The van der Waals surface area contributed by atoms with E-state index in [9.17, 15) is 0 Å². The molecule has 0 spiro atoms. The molecule has 0 aliphatic rings. The van der Waals surface area contributed by atoms with Gasteiger partial charge >= 0.3 is 0 Å². The van der Waals surface area contributed by atoms with Gasteiger partial charge in [0.05, 0.1) is 6.20 Å². The summed E-state index contributed by atoms with van der Waals surface area (Å²) in [6, 6.07) is 1.52. The third kappa shape index (κ3) is 1.18. The van der Waals surface area contributed by atoms with E-state index < -0.39 is 0 Å². The van der Waals surface area contributed by atoms with Gasteiger partial charge in [0.1, 0.15) is 11.5 Å². The highest BCUT2D eigenvalue weighted by Crippen LogP contribution is 1.83. The van der Waals surface area contributed by atoms with Gasteiger partial charge in [0.15, 0.2) is 0 Å². The molecule has 1 rings (SSSR count). The largest absolute Gasteiger partial charge is 0.382 e. The first-order chi connectivity index (χ1) is 4.30. The van der Waals surface area contributed by atoms with Crippen LogP contribution in [0.15, 0.2) is 12.3 Å². The SMILES string of the molecule is N=C(N)c1ccnnn1. The van der Waals surface area contributed by atoms with Crippen LogP contribution in [0.1, 0.15) is 5.69 Å². The first-order valence-corrected chi connectivity index (χ1v) is 2.29. The zero-order valence-electron chi connectivity index (χ0n) is 4.57. The molecule has 0 aliphatic carbocycles. The number of nitrogen functional groups attached to an aromatic ring is 1. The number of rotatable bonds is 1. The second-order valence-electron chi connectivity index (χ2n) is 1.42. The summed E-state index contributed by atoms with van der Waals surface area (Å²) >= 11 is 0. The molecule has 46 valence electrons. The van der Waals surface area contributed by atoms with Gasteiger partial charge in [-0.25, -0.2) is 0 Å². The molecule has 5 heteroatoms. The van der Waals surface area contributed by atoms with E-state index in [2.05, 4.69) is 15.4 Å². The van der Waals surface area contributed by atoms with Gasteiger partial charge in [-0.1, -0.05) is 0 Å². The van der Waals surface area contributed by atoms with Gasteiger partial charge in [0.2, 0.25) is 0 Å². The molecule has 0 aromatic carbocycles. The fourth-order valence-corrected chi connectivity index (χ4v) is 0.385. The van der Waals surface area contributed by atoms with Crippen LogP contribution in [0.2, 0.25) is 0 Å². The Bertz CT molecular complexity index is 205. The summed E-state index contributed by atoms with van der Waals surface area (Å²) in [4.78, 5) is 0. The van der Waals surface area contributed by atoms with Crippen molar-refractivity contribution in [1.82, 2.24) is 15.4 Å². The van der Waals surface area contributed by atoms with E-state index in [1.165, 1.54) is 12.3 Å². The number of nitrogens with one attached hydrogen (secondary N) is 1. The average Bonchev–Trinajstić information content (AvgIpc) is 1.90. The highest BCUT2D eigenvalue weighted by molar-refractivity contribution is 5.92. The Labute approximate surface area is 51.4 Å². The third-order valence-corrected chi connectivity index (χ3v) is 0.779. The summed E-state index contributed by atoms with van der Waals surface area (Å²) in [6.07, 6.45) is 1.43. The van der Waals surface area contributed by atoms with E-state index in [-0.39, 0.29) is 5.84 Å². The maximum Gasteiger partial charge on any atom is 0.143 e. The average molecular weight is 123 g/mol. The maximum atomic E-state index is 6.88. The van der Waals surface area contributed by atoms with E-state index in [1.54, 1.807) is 0 Å². The summed E-state index contributed by atoms with van der Waals surface area (Å²) in [6.45, 7) is 0. The Morgan fingerprint density at radius 1 is 1.67 bits per heavy atom. The number of hydrogen-bond donors (Lipinski definition) is 2. The lowest BCUT2D eigenvalue weighted by atomic mass is 10.4. The van der Waals surface area contributed by atoms with Gasteiger partial charge in [-0.05, 0) is 11.3 Å². The lowest BCUT2D eigenvalue weighted by molar-refractivity contribution is 0.855. The Hall–Kier alpha value is -1.52. The molecule has 0 aliphatic heterocycles. The van der Waals surface area contributed by atoms with Crippen LogP contribution in [0, 0.1) is 5.41 Å². The Balaban J connectivity index is 2.98. The smallest absolute Gasteiger partial charge is 0.143 e. The molecular weight excluding hydrogens is 118 g/mol. The standard InChI is InChI=1S/C4H5N5/c5-4(6)3-1-2-7-9-8-3/h1-2H,(H3,5,6). The molecule has 0 amide bonds. The van der Waals surface area contributed by atoms with Crippen molar-refractivity contribution in [2.45, 2.75) is 0 Å². The van der Waals surface area contributed by atoms with Crippen LogP contribution in [0.4, 0.5) is 0 Å². The first kappa shape index (κ1) is 5.61. The number of nitrogens with two attached hydrogens (primary N) is 1. The number of hydrogen-bond acceptors (Lipinski definition) is 4. The first-order valence-electron chi connectivity index (χ1n) is 2.29. The van der Waals surface area contributed by atoms with Crippen LogP contribution in [0.25, 0.3) is 0 Å². The molecule has 0 radical (unpaired) electrons. The molecule has 0 unspecified atom stereocenters. The Morgan fingerprint density at radius 3 is 2.78 bits per heavy atom. The third-order valence-electron chi connectivity index (χ3n) is 0.779. The molecule has 1 aromatic heterocycles. The molecule has 1 heterocycles. The van der Waals surface area contributed by atoms with Gasteiger partial charge in [-0.2, -0.15) is 0 Å². The van der Waals surface area contributed by atoms with Crippen molar-refractivity contribution in [3.05, 3.63) is 18.0 Å². The van der Waals surface area contributed by atoms with Gasteiger partial charge < -0.3 is 5.73 Å². The topological polar surface area (TPSA) is 88.5 Å². The fourth-order valence-electron chi connectivity index (χ4n) is 0.385. The number of nitrogens with zero attached hydrogens (tertiary/aromatic N) is 3. The zero-order valence-corrected chi connectivity index (χ0v) is 4.57. The summed E-state index contributed by atoms with van der Waals surface area (Å²) in [5, 5.41) is 17.0. The second-order valence-corrected chi connectivity index (χ2v) is 1.42. The monoisotopic (exact) mass is 123 g/mol. The van der Waals surface area contributed by atoms with Crippen LogP contribution in [0.3, 0.4) is 0 Å². The molecule has 5 nitrogen and oxygen atoms in total. The Kier molecular flexibility index (Phi) is 1.35. The summed E-state index contributed by atoms with van der Waals surface area (Å²) < 4.78 is 0. The van der Waals surface area contributed by atoms with Gasteiger partial charge in [-0.3, -0.25) is 5.41 Å². The van der Waals surface area contributed by atoms with E-state index in [4.69, 9.17) is 11.1 Å². The minimum atomic E-state index is -0.0927. The van der Waals surface area contributed by atoms with Crippen molar-refractivity contribution in [2.24, 2.45) is 5.73 Å². The van der Waals surface area contributed by atoms with Crippen LogP contribution in [-0.4, -0.2) is 21.2 Å². The van der Waals surface area contributed by atoms with Crippen LogP contribution >= 0.6 is 0 Å². The van der Waals surface area contributed by atoms with Crippen LogP contribution in [-0.2, 0) is 0 Å². The highest BCUT2D eigenvalue weighted by Gasteiger charge is 1.93. The molecule has 0 saturated carbocycles. The quantitative estimate of drug-likeness (QED) is 0.376. The molecule has 1 aromatic rings. The maximum absolute atomic E-state index is 6.88. The molecule has 0 fully saturated rings. The van der Waals surface area contributed by atoms with E-state index in [0.29, 0.717) is 5.69 Å². The van der Waals surface area contributed by atoms with Gasteiger partial charge in [0, 0.05) is 0 Å². The lowest BCUT2D eigenvalue weighted by Gasteiger charge is -1.89. The van der Waals surface area contributed by atoms with Crippen LogP contribution < -0.4 is 5.73 Å². The van der Waals surface area contributed by atoms with E-state index in [0.717, 1.165) is 0 Å². The fraction of sp³-hybridized carbons (Fsp3) is 0. The lowest BCUT2D eigenvalue weighted by Crippen LogP contribution is -2.13. The minimum Gasteiger partial charge on any atom is -0.382 e. The second kappa shape index (κ2) is 2.17. The molecule has 3 N–H and O–H groups in total. The molecule has 9 heavy (non-hydrogen) atoms. The van der Waals surface area contributed by atoms with Crippen molar-refractivity contribution in [2.75, 3.05) is 0 Å². The normalized spacial score (nSPS) is 8.89. The number of aromatic nitrogens is 3. The number of amidine groups is 1. The van der Waals surface area contributed by atoms with Crippen molar-refractivity contribution >= 4 is 5.84 Å². The molecular formula is C4H5N5. The minimum absolute atomic E-state index is 0.0927. The van der Waals surface area contributed by atoms with Crippen molar-refractivity contribution < 1.29 is 0 Å². The van der Waals surface area contributed by atoms with E-state index in [1.807, 2.05) is 0 Å². The van der Waals surface area contributed by atoms with Crippen molar-refractivity contribution in [3.8, 4) is 0 Å². The predicted molar refractivity (Wildman–Crippen MR) is 30.8 cm³/mol. The summed E-state index contributed by atoms with van der Waals surface area (Å²) in [5.41, 5.74) is 5.42. The molecule has 0 saturated heterocycles. The predicted octanol–water partition coefficient (Wildman–Crippen LogP) is -0.844. The summed E-state index contributed by atoms with van der Waals surface area (Å²) in [7, 11) is 0. The molecule has 0 bridgehead atoms. The Morgan fingerprint density at radius 2 is 2.44 bits per heavy atom. The van der Waals surface area contributed by atoms with Crippen molar-refractivity contribution in [1.29, 1.82) is 5.41 Å².